The first-order chi connectivity index (χ1) is 18.6. The predicted molar refractivity (Wildman–Crippen MR) is 156 cm³/mol. The summed E-state index contributed by atoms with van der Waals surface area (Å²) in [6.45, 7) is 8.28. The van der Waals surface area contributed by atoms with Crippen molar-refractivity contribution in [2.75, 3.05) is 13.2 Å². The van der Waals surface area contributed by atoms with E-state index in [-0.39, 0.29) is 6.10 Å². The number of rotatable bonds is 1. The molecule has 1 atom stereocenters. The van der Waals surface area contributed by atoms with Crippen LogP contribution in [0.25, 0.3) is 43.9 Å². The Labute approximate surface area is 225 Å². The van der Waals surface area contributed by atoms with Gasteiger partial charge in [0, 0.05) is 11.5 Å². The first kappa shape index (κ1) is 24.4. The SMILES string of the molecule is CC1=C(C)C(C)OCCc2cc(-c3ccccc3)ccc2-c2c3ccc4ccccc4c3cc[n+]2CCO1. The second kappa shape index (κ2) is 10.4. The van der Waals surface area contributed by atoms with Gasteiger partial charge in [-0.25, -0.2) is 0 Å². The zero-order valence-electron chi connectivity index (χ0n) is 22.4. The van der Waals surface area contributed by atoms with E-state index in [0.717, 1.165) is 24.3 Å². The largest absolute Gasteiger partial charge is 0.492 e. The monoisotopic (exact) mass is 500 g/mol. The molecule has 190 valence electrons. The molecule has 6 rings (SSSR count). The highest BCUT2D eigenvalue weighted by Crippen LogP contribution is 2.35. The van der Waals surface area contributed by atoms with Crippen molar-refractivity contribution in [1.29, 1.82) is 0 Å². The van der Waals surface area contributed by atoms with E-state index in [1.807, 2.05) is 6.92 Å². The van der Waals surface area contributed by atoms with Crippen molar-refractivity contribution in [2.24, 2.45) is 0 Å². The van der Waals surface area contributed by atoms with Gasteiger partial charge in [-0.3, -0.25) is 0 Å². The lowest BCUT2D eigenvalue weighted by atomic mass is 9.92. The molecule has 3 nitrogen and oxygen atoms in total. The molecule has 0 saturated heterocycles. The van der Waals surface area contributed by atoms with Crippen LogP contribution in [0, 0.1) is 0 Å². The van der Waals surface area contributed by atoms with Crippen LogP contribution in [0.1, 0.15) is 26.3 Å². The molecular formula is C35H34NO2+. The highest BCUT2D eigenvalue weighted by Gasteiger charge is 2.23. The van der Waals surface area contributed by atoms with E-state index in [2.05, 4.69) is 116 Å². The van der Waals surface area contributed by atoms with Crippen LogP contribution >= 0.6 is 0 Å². The van der Waals surface area contributed by atoms with Gasteiger partial charge in [0.15, 0.2) is 12.7 Å². The fraction of sp³-hybridized carbons (Fsp3) is 0.229. The Hall–Kier alpha value is -3.95. The Morgan fingerprint density at radius 1 is 0.737 bits per heavy atom. The van der Waals surface area contributed by atoms with Crippen molar-refractivity contribution in [2.45, 2.75) is 39.8 Å². The average molecular weight is 501 g/mol. The highest BCUT2D eigenvalue weighted by atomic mass is 16.5. The van der Waals surface area contributed by atoms with Gasteiger partial charge in [-0.15, -0.1) is 0 Å². The molecule has 4 aromatic carbocycles. The molecule has 38 heavy (non-hydrogen) atoms. The van der Waals surface area contributed by atoms with Gasteiger partial charge in [0.05, 0.1) is 29.4 Å². The maximum absolute atomic E-state index is 6.33. The number of nitrogens with zero attached hydrogens (tertiary/aromatic N) is 1. The highest BCUT2D eigenvalue weighted by molar-refractivity contribution is 6.10. The van der Waals surface area contributed by atoms with Crippen LogP contribution in [-0.4, -0.2) is 19.3 Å². The summed E-state index contributed by atoms with van der Waals surface area (Å²) < 4.78 is 14.9. The summed E-state index contributed by atoms with van der Waals surface area (Å²) in [6, 6.07) is 33.0. The molecule has 1 aromatic heterocycles. The summed E-state index contributed by atoms with van der Waals surface area (Å²) in [5.74, 6) is 0.953. The number of allylic oxidation sites excluding steroid dienone is 1. The lowest BCUT2D eigenvalue weighted by molar-refractivity contribution is -0.686. The normalized spacial score (nSPS) is 16.7. The zero-order valence-corrected chi connectivity index (χ0v) is 22.4. The van der Waals surface area contributed by atoms with E-state index in [1.165, 1.54) is 49.5 Å². The molecule has 2 heterocycles. The average Bonchev–Trinajstić information content (AvgIpc) is 2.97. The molecule has 5 aromatic rings. The molecular weight excluding hydrogens is 466 g/mol. The number of ether oxygens (including phenoxy) is 2. The number of fused-ring (bicyclic) bond motifs is 7. The fourth-order valence-electron chi connectivity index (χ4n) is 5.57. The molecule has 0 N–H and O–H groups in total. The van der Waals surface area contributed by atoms with Crippen molar-refractivity contribution in [3.8, 4) is 22.4 Å². The standard InChI is InChI=1S/C35H34NO2/c1-24-25(2)37-21-18-30-23-29(27-9-5-4-6-10-27)14-15-32(30)35-34-16-13-28-11-7-8-12-31(28)33(34)17-19-36(35)20-22-38-26(24)3/h4-17,19,23,25H,18,20-22H2,1-3H3/q+1. The van der Waals surface area contributed by atoms with Gasteiger partial charge in [0.2, 0.25) is 5.69 Å². The van der Waals surface area contributed by atoms with Crippen LogP contribution in [0.3, 0.4) is 0 Å². The first-order valence-electron chi connectivity index (χ1n) is 13.5. The summed E-state index contributed by atoms with van der Waals surface area (Å²) in [5.41, 5.74) is 7.39. The smallest absolute Gasteiger partial charge is 0.220 e. The van der Waals surface area contributed by atoms with Crippen LogP contribution in [0.5, 0.6) is 0 Å². The number of hydrogen-bond acceptors (Lipinski definition) is 2. The summed E-state index contributed by atoms with van der Waals surface area (Å²) in [7, 11) is 0. The van der Waals surface area contributed by atoms with Crippen LogP contribution in [0.2, 0.25) is 0 Å². The zero-order chi connectivity index (χ0) is 26.1. The minimum absolute atomic E-state index is 0.0127. The molecule has 1 aliphatic heterocycles. The number of hydrogen-bond donors (Lipinski definition) is 0. The van der Waals surface area contributed by atoms with E-state index in [9.17, 15) is 0 Å². The molecule has 0 radical (unpaired) electrons. The van der Waals surface area contributed by atoms with E-state index < -0.39 is 0 Å². The van der Waals surface area contributed by atoms with Crippen molar-refractivity contribution in [1.82, 2.24) is 0 Å². The van der Waals surface area contributed by atoms with Gasteiger partial charge in [0.1, 0.15) is 6.61 Å². The van der Waals surface area contributed by atoms with Crippen LogP contribution in [-0.2, 0) is 22.4 Å². The van der Waals surface area contributed by atoms with Crippen LogP contribution in [0.15, 0.2) is 109 Å². The Morgan fingerprint density at radius 2 is 1.55 bits per heavy atom. The van der Waals surface area contributed by atoms with E-state index in [4.69, 9.17) is 9.47 Å². The number of aromatic nitrogens is 1. The molecule has 0 saturated carbocycles. The molecule has 0 spiro atoms. The van der Waals surface area contributed by atoms with Gasteiger partial charge in [-0.1, -0.05) is 72.8 Å². The Balaban J connectivity index is 1.58. The molecule has 1 unspecified atom stereocenters. The minimum Gasteiger partial charge on any atom is -0.492 e. The maximum Gasteiger partial charge on any atom is 0.220 e. The second-order valence-corrected chi connectivity index (χ2v) is 10.2. The molecule has 3 heteroatoms. The van der Waals surface area contributed by atoms with E-state index in [0.29, 0.717) is 13.2 Å². The summed E-state index contributed by atoms with van der Waals surface area (Å²) >= 11 is 0. The van der Waals surface area contributed by atoms with Gasteiger partial charge in [-0.2, -0.15) is 4.57 Å². The maximum atomic E-state index is 6.33. The second-order valence-electron chi connectivity index (χ2n) is 10.2. The third-order valence-corrected chi connectivity index (χ3v) is 7.96. The lowest BCUT2D eigenvalue weighted by Gasteiger charge is -2.17. The van der Waals surface area contributed by atoms with Crippen LogP contribution in [0.4, 0.5) is 0 Å². The Bertz CT molecular complexity index is 1650. The van der Waals surface area contributed by atoms with E-state index >= 15 is 0 Å². The molecule has 1 aliphatic rings. The van der Waals surface area contributed by atoms with Gasteiger partial charge >= 0.3 is 0 Å². The van der Waals surface area contributed by atoms with E-state index in [1.54, 1.807) is 0 Å². The van der Waals surface area contributed by atoms with Gasteiger partial charge < -0.3 is 9.47 Å². The first-order valence-corrected chi connectivity index (χ1v) is 13.5. The number of pyridine rings is 1. The third-order valence-electron chi connectivity index (χ3n) is 7.96. The predicted octanol–water partition coefficient (Wildman–Crippen LogP) is 7.89. The fourth-order valence-corrected chi connectivity index (χ4v) is 5.57. The lowest BCUT2D eigenvalue weighted by Crippen LogP contribution is -2.38. The summed E-state index contributed by atoms with van der Waals surface area (Å²) in [5, 5.41) is 5.07. The Morgan fingerprint density at radius 3 is 2.42 bits per heavy atom. The third kappa shape index (κ3) is 4.59. The molecule has 0 bridgehead atoms. The van der Waals surface area contributed by atoms with Gasteiger partial charge in [0.25, 0.3) is 0 Å². The molecule has 0 amide bonds. The summed E-state index contributed by atoms with van der Waals surface area (Å²) in [4.78, 5) is 0. The summed E-state index contributed by atoms with van der Waals surface area (Å²) in [6.07, 6.45) is 3.07. The Kier molecular flexibility index (Phi) is 6.70. The molecule has 0 fully saturated rings. The number of benzene rings is 4. The van der Waals surface area contributed by atoms with Crippen molar-refractivity contribution >= 4 is 21.5 Å². The van der Waals surface area contributed by atoms with Gasteiger partial charge in [-0.05, 0) is 72.4 Å². The minimum atomic E-state index is 0.0127. The van der Waals surface area contributed by atoms with Crippen molar-refractivity contribution in [3.63, 3.8) is 0 Å². The van der Waals surface area contributed by atoms with Crippen molar-refractivity contribution in [3.05, 3.63) is 114 Å². The molecule has 0 aliphatic carbocycles. The van der Waals surface area contributed by atoms with Crippen LogP contribution < -0.4 is 4.57 Å². The quantitative estimate of drug-likeness (QED) is 0.172. The topological polar surface area (TPSA) is 22.3 Å². The van der Waals surface area contributed by atoms with Crippen molar-refractivity contribution < 1.29 is 14.0 Å².